The number of anilines is 1. The summed E-state index contributed by atoms with van der Waals surface area (Å²) in [5, 5.41) is 35.2. The van der Waals surface area contributed by atoms with Crippen molar-refractivity contribution in [1.82, 2.24) is 0 Å². The van der Waals surface area contributed by atoms with E-state index in [0.29, 0.717) is 18.4 Å². The molecule has 4 aromatic rings. The smallest absolute Gasteiger partial charge is 0.455 e. The number of rotatable bonds is 11. The molecular weight excluding hydrogens is 723 g/mol. The molecule has 0 radical (unpaired) electrons. The average Bonchev–Trinajstić information content (AvgIpc) is 3.43. The van der Waals surface area contributed by atoms with E-state index >= 15 is 0 Å². The standard InChI is InChI=1S/C44H47BN2O8Si/c1-29(24-30-14-11-12-21-38(30)48)22-23-39-40-31(28-54-56(44(2,3)4,34-17-7-5-8-18-34)35-19-9-6-10-20-35)25-36-41(37(40)27-45(51)55-39)43(50)46(42(36)49)32-15-13-16-33(26-32)47(52)53/h5-21,24,26,36-37,39,41,48,51H,22-23,25,27-28H2,1-4H3/b29-24+/t36-,37+,39-,41-/m1/s1. The van der Waals surface area contributed by atoms with Crippen LogP contribution in [0.15, 0.2) is 126 Å². The molecule has 2 fully saturated rings. The van der Waals surface area contributed by atoms with Crippen LogP contribution in [0.4, 0.5) is 11.4 Å². The second kappa shape index (κ2) is 15.8. The van der Waals surface area contributed by atoms with Crippen molar-refractivity contribution in [2.24, 2.45) is 17.8 Å². The van der Waals surface area contributed by atoms with E-state index in [0.717, 1.165) is 32.0 Å². The Balaban J connectivity index is 1.31. The summed E-state index contributed by atoms with van der Waals surface area (Å²) in [4.78, 5) is 41.1. The van der Waals surface area contributed by atoms with Crippen LogP contribution in [-0.2, 0) is 18.7 Å². The van der Waals surface area contributed by atoms with Gasteiger partial charge in [0.1, 0.15) is 5.75 Å². The van der Waals surface area contributed by atoms with Gasteiger partial charge in [0, 0.05) is 17.7 Å². The summed E-state index contributed by atoms with van der Waals surface area (Å²) in [5.74, 6) is -2.73. The number of hydrogen-bond donors (Lipinski definition) is 2. The molecule has 1 aliphatic carbocycles. The molecule has 2 saturated heterocycles. The summed E-state index contributed by atoms with van der Waals surface area (Å²) in [6, 6.07) is 33.3. The van der Waals surface area contributed by atoms with Crippen LogP contribution < -0.4 is 15.3 Å². The predicted octanol–water partition coefficient (Wildman–Crippen LogP) is 7.06. The summed E-state index contributed by atoms with van der Waals surface area (Å²) < 4.78 is 13.8. The topological polar surface area (TPSA) is 139 Å². The van der Waals surface area contributed by atoms with Crippen molar-refractivity contribution in [3.8, 4) is 5.75 Å². The Bertz CT molecular complexity index is 2150. The number of carbonyl (C=O) groups excluding carboxylic acids is 2. The van der Waals surface area contributed by atoms with Gasteiger partial charge < -0.3 is 19.2 Å². The number of imide groups is 1. The van der Waals surface area contributed by atoms with Crippen molar-refractivity contribution < 1.29 is 33.7 Å². The highest BCUT2D eigenvalue weighted by Crippen LogP contribution is 2.52. The Morgan fingerprint density at radius 1 is 0.946 bits per heavy atom. The number of phenolic OH excluding ortho intramolecular Hbond substituents is 1. The van der Waals surface area contributed by atoms with Gasteiger partial charge in [-0.3, -0.25) is 19.7 Å². The molecule has 4 atom stereocenters. The third-order valence-electron chi connectivity index (χ3n) is 11.6. The zero-order valence-corrected chi connectivity index (χ0v) is 33.1. The van der Waals surface area contributed by atoms with Gasteiger partial charge in [-0.15, -0.1) is 0 Å². The normalized spacial score (nSPS) is 21.6. The van der Waals surface area contributed by atoms with Gasteiger partial charge >= 0.3 is 7.12 Å². The number of nitrogens with zero attached hydrogens (tertiary/aromatic N) is 2. The quantitative estimate of drug-likeness (QED) is 0.0544. The van der Waals surface area contributed by atoms with E-state index in [4.69, 9.17) is 9.08 Å². The van der Waals surface area contributed by atoms with Crippen LogP contribution in [0.1, 0.15) is 52.5 Å². The van der Waals surface area contributed by atoms with Crippen LogP contribution in [0, 0.1) is 27.9 Å². The Kier molecular flexibility index (Phi) is 11.0. The molecule has 0 spiro atoms. The molecule has 2 amide bonds. The van der Waals surface area contributed by atoms with E-state index in [1.807, 2.05) is 61.5 Å². The third kappa shape index (κ3) is 7.30. The molecule has 0 aromatic heterocycles. The van der Waals surface area contributed by atoms with Crippen LogP contribution >= 0.6 is 0 Å². The minimum atomic E-state index is -3.04. The number of benzene rings is 4. The zero-order chi connectivity index (χ0) is 39.8. The first-order chi connectivity index (χ1) is 26.8. The molecule has 0 unspecified atom stereocenters. The Hall–Kier alpha value is -5.14. The Morgan fingerprint density at radius 2 is 1.59 bits per heavy atom. The van der Waals surface area contributed by atoms with Gasteiger partial charge in [0.05, 0.1) is 35.2 Å². The minimum absolute atomic E-state index is 0.115. The fourth-order valence-corrected chi connectivity index (χ4v) is 13.7. The monoisotopic (exact) mass is 770 g/mol. The number of carbonyl (C=O) groups is 2. The molecular formula is C44H47BN2O8Si. The van der Waals surface area contributed by atoms with E-state index in [2.05, 4.69) is 45.0 Å². The molecule has 7 rings (SSSR count). The molecule has 12 heteroatoms. The molecule has 0 saturated carbocycles. The second-order valence-corrected chi connectivity index (χ2v) is 20.5. The molecule has 3 aliphatic rings. The largest absolute Gasteiger partial charge is 0.507 e. The summed E-state index contributed by atoms with van der Waals surface area (Å²) in [6.45, 7) is 8.78. The van der Waals surface area contributed by atoms with Gasteiger partial charge in [-0.05, 0) is 77.1 Å². The summed E-state index contributed by atoms with van der Waals surface area (Å²) >= 11 is 0. The van der Waals surface area contributed by atoms with Crippen LogP contribution in [0.5, 0.6) is 5.75 Å². The van der Waals surface area contributed by atoms with Crippen molar-refractivity contribution in [2.75, 3.05) is 11.5 Å². The first-order valence-corrected chi connectivity index (χ1v) is 21.1. The number of aromatic hydroxyl groups is 1. The first-order valence-electron chi connectivity index (χ1n) is 19.2. The minimum Gasteiger partial charge on any atom is -0.507 e. The number of allylic oxidation sites excluding steroid dienone is 1. The predicted molar refractivity (Wildman–Crippen MR) is 220 cm³/mol. The van der Waals surface area contributed by atoms with Gasteiger partial charge in [0.15, 0.2) is 0 Å². The molecule has 288 valence electrons. The highest BCUT2D eigenvalue weighted by atomic mass is 28.4. The van der Waals surface area contributed by atoms with Gasteiger partial charge in [-0.1, -0.05) is 117 Å². The van der Waals surface area contributed by atoms with E-state index in [9.17, 15) is 29.8 Å². The lowest BCUT2D eigenvalue weighted by Gasteiger charge is -2.46. The highest BCUT2D eigenvalue weighted by molar-refractivity contribution is 6.99. The highest BCUT2D eigenvalue weighted by Gasteiger charge is 2.58. The summed E-state index contributed by atoms with van der Waals surface area (Å²) in [7, 11) is -4.22. The second-order valence-electron chi connectivity index (χ2n) is 16.1. The molecule has 0 bridgehead atoms. The zero-order valence-electron chi connectivity index (χ0n) is 32.1. The molecule has 4 aromatic carbocycles. The Morgan fingerprint density at radius 3 is 2.21 bits per heavy atom. The van der Waals surface area contributed by atoms with Crippen LogP contribution in [-0.4, -0.2) is 55.0 Å². The van der Waals surface area contributed by atoms with Crippen molar-refractivity contribution in [3.05, 3.63) is 142 Å². The van der Waals surface area contributed by atoms with E-state index in [1.165, 1.54) is 18.2 Å². The Labute approximate surface area is 328 Å². The number of hydrogen-bond acceptors (Lipinski definition) is 8. The van der Waals surface area contributed by atoms with Crippen LogP contribution in [0.25, 0.3) is 6.08 Å². The SMILES string of the molecule is C/C(=C\c1ccccc1O)CC[C@H]1OB(O)C[C@H]2C1=C(CO[Si](c1ccccc1)(c1ccccc1)C(C)(C)C)C[C@H]1C(=O)N(c3cccc([N+](=O)[O-])c3)C(=O)[C@H]12. The van der Waals surface area contributed by atoms with Crippen molar-refractivity contribution >= 4 is 55.1 Å². The number of fused-ring (bicyclic) bond motifs is 3. The maximum absolute atomic E-state index is 14.5. The molecule has 2 heterocycles. The lowest BCUT2D eigenvalue weighted by atomic mass is 9.58. The average molecular weight is 771 g/mol. The molecule has 2 aliphatic heterocycles. The lowest BCUT2D eigenvalue weighted by molar-refractivity contribution is -0.384. The summed E-state index contributed by atoms with van der Waals surface area (Å²) in [5.41, 5.74) is 3.39. The maximum atomic E-state index is 14.5. The van der Waals surface area contributed by atoms with Crippen molar-refractivity contribution in [3.63, 3.8) is 0 Å². The molecule has 56 heavy (non-hydrogen) atoms. The summed E-state index contributed by atoms with van der Waals surface area (Å²) in [6.07, 6.45) is 2.77. The number of para-hydroxylation sites is 1. The number of amides is 2. The number of nitro benzene ring substituents is 1. The first kappa shape index (κ1) is 39.1. The fourth-order valence-electron chi connectivity index (χ4n) is 9.16. The van der Waals surface area contributed by atoms with Crippen LogP contribution in [0.2, 0.25) is 11.4 Å². The number of non-ortho nitro benzene ring substituents is 1. The van der Waals surface area contributed by atoms with E-state index < -0.39 is 56.0 Å². The third-order valence-corrected chi connectivity index (χ3v) is 16.6. The maximum Gasteiger partial charge on any atom is 0.455 e. The van der Waals surface area contributed by atoms with E-state index in [1.54, 1.807) is 18.2 Å². The fraction of sp³-hybridized carbons (Fsp3) is 0.318. The van der Waals surface area contributed by atoms with Crippen molar-refractivity contribution in [1.29, 1.82) is 0 Å². The number of nitro groups is 1. The van der Waals surface area contributed by atoms with Gasteiger partial charge in [0.2, 0.25) is 11.8 Å². The van der Waals surface area contributed by atoms with Gasteiger partial charge in [-0.2, -0.15) is 0 Å². The van der Waals surface area contributed by atoms with Gasteiger partial charge in [0.25, 0.3) is 14.0 Å². The lowest BCUT2D eigenvalue weighted by Crippen LogP contribution is -2.66. The van der Waals surface area contributed by atoms with Crippen molar-refractivity contribution in [2.45, 2.75) is 64.4 Å². The number of phenols is 1. The molecule has 10 nitrogen and oxygen atoms in total. The van der Waals surface area contributed by atoms with Crippen LogP contribution in [0.3, 0.4) is 0 Å². The molecule has 2 N–H and O–H groups in total. The van der Waals surface area contributed by atoms with Gasteiger partial charge in [-0.25, -0.2) is 4.90 Å². The van der Waals surface area contributed by atoms with E-state index in [-0.39, 0.29) is 41.5 Å².